The first kappa shape index (κ1) is 12.9. The van der Waals surface area contributed by atoms with Gasteiger partial charge in [-0.25, -0.2) is 0 Å². The molecule has 0 heterocycles. The zero-order chi connectivity index (χ0) is 11.6. The summed E-state index contributed by atoms with van der Waals surface area (Å²) in [5, 5.41) is 13.7. The second-order valence-electron chi connectivity index (χ2n) is 3.42. The summed E-state index contributed by atoms with van der Waals surface area (Å²) in [6, 6.07) is 3.10. The number of nitrogens with one attached hydrogen (secondary N) is 1. The lowest BCUT2D eigenvalue weighted by molar-refractivity contribution is 0.178. The second kappa shape index (κ2) is 5.26. The third-order valence-corrected chi connectivity index (χ3v) is 3.15. The molecule has 2 unspecified atom stereocenters. The van der Waals surface area contributed by atoms with Crippen molar-refractivity contribution >= 4 is 40.5 Å². The van der Waals surface area contributed by atoms with E-state index >= 15 is 0 Å². The summed E-state index contributed by atoms with van der Waals surface area (Å²) in [5.74, 6) is 0. The number of rotatable bonds is 3. The first-order valence-electron chi connectivity index (χ1n) is 4.51. The molecule has 0 aliphatic carbocycles. The van der Waals surface area contributed by atoms with E-state index < -0.39 is 6.10 Å². The molecule has 2 N–H and O–H groups in total. The van der Waals surface area contributed by atoms with Crippen molar-refractivity contribution in [3.8, 4) is 0 Å². The van der Waals surface area contributed by atoms with E-state index in [-0.39, 0.29) is 6.04 Å². The largest absolute Gasteiger partial charge is 0.391 e. The Bertz CT molecular complexity index is 355. The molecular weight excluding hydrogens is 256 g/mol. The molecule has 2 atom stereocenters. The third-order valence-electron chi connectivity index (χ3n) is 2.12. The van der Waals surface area contributed by atoms with E-state index in [4.69, 9.17) is 34.8 Å². The predicted octanol–water partition coefficient (Wildman–Crippen LogP) is 3.83. The maximum Gasteiger partial charge on any atom is 0.0710 e. The standard InChI is InChI=1S/C10H12Cl3NO/c1-5(6(2)15)14-10-4-8(12)7(11)3-9(10)13/h3-6,14-15H,1-2H3. The quantitative estimate of drug-likeness (QED) is 0.817. The van der Waals surface area contributed by atoms with Crippen LogP contribution in [-0.4, -0.2) is 17.3 Å². The molecule has 0 aliphatic heterocycles. The molecule has 0 amide bonds. The van der Waals surface area contributed by atoms with Crippen LogP contribution in [0, 0.1) is 0 Å². The summed E-state index contributed by atoms with van der Waals surface area (Å²) in [7, 11) is 0. The first-order valence-corrected chi connectivity index (χ1v) is 5.64. The normalized spacial score (nSPS) is 14.8. The van der Waals surface area contributed by atoms with Gasteiger partial charge in [-0.05, 0) is 26.0 Å². The van der Waals surface area contributed by atoms with Gasteiger partial charge in [-0.15, -0.1) is 0 Å². The molecule has 0 aromatic heterocycles. The summed E-state index contributed by atoms with van der Waals surface area (Å²) < 4.78 is 0. The summed E-state index contributed by atoms with van der Waals surface area (Å²) in [6.07, 6.45) is -0.476. The van der Waals surface area contributed by atoms with Gasteiger partial charge in [0.1, 0.15) is 0 Å². The van der Waals surface area contributed by atoms with E-state index in [1.165, 1.54) is 0 Å². The van der Waals surface area contributed by atoms with Crippen LogP contribution in [0.1, 0.15) is 13.8 Å². The van der Waals surface area contributed by atoms with Crippen molar-refractivity contribution in [2.45, 2.75) is 26.0 Å². The minimum atomic E-state index is -0.476. The fourth-order valence-corrected chi connectivity index (χ4v) is 1.60. The van der Waals surface area contributed by atoms with E-state index in [0.717, 1.165) is 0 Å². The number of anilines is 1. The van der Waals surface area contributed by atoms with E-state index in [1.54, 1.807) is 19.1 Å². The van der Waals surface area contributed by atoms with E-state index in [0.29, 0.717) is 20.8 Å². The van der Waals surface area contributed by atoms with Gasteiger partial charge in [-0.2, -0.15) is 0 Å². The maximum absolute atomic E-state index is 9.33. The number of hydrogen-bond donors (Lipinski definition) is 2. The van der Waals surface area contributed by atoms with Crippen molar-refractivity contribution in [2.75, 3.05) is 5.32 Å². The molecule has 0 bridgehead atoms. The molecule has 0 saturated heterocycles. The predicted molar refractivity (Wildman–Crippen MR) is 66.2 cm³/mol. The first-order chi connectivity index (χ1) is 6.91. The van der Waals surface area contributed by atoms with E-state index in [1.807, 2.05) is 6.92 Å². The molecule has 1 aromatic rings. The van der Waals surface area contributed by atoms with Crippen LogP contribution in [0.3, 0.4) is 0 Å². The average molecular weight is 269 g/mol. The Balaban J connectivity index is 2.91. The molecule has 0 fully saturated rings. The Morgan fingerprint density at radius 3 is 2.13 bits per heavy atom. The Hall–Kier alpha value is -0.150. The zero-order valence-electron chi connectivity index (χ0n) is 8.39. The lowest BCUT2D eigenvalue weighted by Crippen LogP contribution is -2.27. The second-order valence-corrected chi connectivity index (χ2v) is 4.64. The number of hydrogen-bond acceptors (Lipinski definition) is 2. The minimum absolute atomic E-state index is 0.111. The molecule has 0 aliphatic rings. The lowest BCUT2D eigenvalue weighted by Gasteiger charge is -2.19. The van der Waals surface area contributed by atoms with Crippen molar-refractivity contribution in [1.29, 1.82) is 0 Å². The molecule has 1 rings (SSSR count). The van der Waals surface area contributed by atoms with Crippen LogP contribution in [0.2, 0.25) is 15.1 Å². The third kappa shape index (κ3) is 3.42. The molecule has 84 valence electrons. The summed E-state index contributed by atoms with van der Waals surface area (Å²) >= 11 is 17.6. The van der Waals surface area contributed by atoms with Crippen LogP contribution in [-0.2, 0) is 0 Å². The Morgan fingerprint density at radius 1 is 1.07 bits per heavy atom. The fraction of sp³-hybridized carbons (Fsp3) is 0.400. The van der Waals surface area contributed by atoms with Gasteiger partial charge in [-0.1, -0.05) is 34.8 Å². The molecule has 0 spiro atoms. The highest BCUT2D eigenvalue weighted by atomic mass is 35.5. The van der Waals surface area contributed by atoms with Crippen molar-refractivity contribution in [2.24, 2.45) is 0 Å². The van der Waals surface area contributed by atoms with Crippen molar-refractivity contribution < 1.29 is 5.11 Å². The van der Waals surface area contributed by atoms with Gasteiger partial charge in [0.05, 0.1) is 26.9 Å². The van der Waals surface area contributed by atoms with Crippen LogP contribution >= 0.6 is 34.8 Å². The maximum atomic E-state index is 9.33. The summed E-state index contributed by atoms with van der Waals surface area (Å²) in [5.41, 5.74) is 0.666. The summed E-state index contributed by atoms with van der Waals surface area (Å²) in [4.78, 5) is 0. The highest BCUT2D eigenvalue weighted by molar-refractivity contribution is 6.44. The van der Waals surface area contributed by atoms with E-state index in [2.05, 4.69) is 5.32 Å². The van der Waals surface area contributed by atoms with Gasteiger partial charge in [-0.3, -0.25) is 0 Å². The van der Waals surface area contributed by atoms with Crippen LogP contribution in [0.25, 0.3) is 0 Å². The molecule has 0 saturated carbocycles. The topological polar surface area (TPSA) is 32.3 Å². The molecule has 2 nitrogen and oxygen atoms in total. The van der Waals surface area contributed by atoms with E-state index in [9.17, 15) is 5.11 Å². The smallest absolute Gasteiger partial charge is 0.0710 e. The number of benzene rings is 1. The van der Waals surface area contributed by atoms with Crippen LogP contribution in [0.4, 0.5) is 5.69 Å². The Labute approximate surface area is 104 Å². The SMILES string of the molecule is CC(O)C(C)Nc1cc(Cl)c(Cl)cc1Cl. The van der Waals surface area contributed by atoms with Gasteiger partial charge in [0, 0.05) is 6.04 Å². The van der Waals surface area contributed by atoms with Crippen LogP contribution in [0.5, 0.6) is 0 Å². The molecule has 15 heavy (non-hydrogen) atoms. The van der Waals surface area contributed by atoms with Crippen LogP contribution < -0.4 is 5.32 Å². The number of halogens is 3. The Kier molecular flexibility index (Phi) is 4.53. The van der Waals surface area contributed by atoms with Gasteiger partial charge < -0.3 is 10.4 Å². The average Bonchev–Trinajstić information content (AvgIpc) is 2.13. The Morgan fingerprint density at radius 2 is 1.60 bits per heavy atom. The molecule has 5 heteroatoms. The number of aliphatic hydroxyl groups excluding tert-OH is 1. The zero-order valence-corrected chi connectivity index (χ0v) is 10.7. The highest BCUT2D eigenvalue weighted by Crippen LogP contribution is 2.32. The molecule has 1 aromatic carbocycles. The molecule has 0 radical (unpaired) electrons. The monoisotopic (exact) mass is 267 g/mol. The van der Waals surface area contributed by atoms with Gasteiger partial charge in [0.2, 0.25) is 0 Å². The molecular formula is C10H12Cl3NO. The van der Waals surface area contributed by atoms with Gasteiger partial charge in [0.15, 0.2) is 0 Å². The summed E-state index contributed by atoms with van der Waals surface area (Å²) in [6.45, 7) is 3.55. The fourth-order valence-electron chi connectivity index (χ4n) is 0.999. The van der Waals surface area contributed by atoms with Gasteiger partial charge in [0.25, 0.3) is 0 Å². The van der Waals surface area contributed by atoms with Gasteiger partial charge >= 0.3 is 0 Å². The van der Waals surface area contributed by atoms with Crippen molar-refractivity contribution in [1.82, 2.24) is 0 Å². The van der Waals surface area contributed by atoms with Crippen molar-refractivity contribution in [3.63, 3.8) is 0 Å². The lowest BCUT2D eigenvalue weighted by atomic mass is 10.2. The minimum Gasteiger partial charge on any atom is -0.391 e. The number of aliphatic hydroxyl groups is 1. The van der Waals surface area contributed by atoms with Crippen LogP contribution in [0.15, 0.2) is 12.1 Å². The highest BCUT2D eigenvalue weighted by Gasteiger charge is 2.11. The van der Waals surface area contributed by atoms with Crippen molar-refractivity contribution in [3.05, 3.63) is 27.2 Å².